The van der Waals surface area contributed by atoms with Crippen LogP contribution in [0.15, 0.2) is 58.9 Å². The number of rotatable bonds is 5. The Morgan fingerprint density at radius 2 is 1.93 bits per heavy atom. The van der Waals surface area contributed by atoms with Gasteiger partial charge in [0.05, 0.1) is 12.1 Å². The maximum absolute atomic E-state index is 5.31. The van der Waals surface area contributed by atoms with Crippen LogP contribution in [0.3, 0.4) is 0 Å². The van der Waals surface area contributed by atoms with Gasteiger partial charge in [0, 0.05) is 32.7 Å². The highest BCUT2D eigenvalue weighted by Gasteiger charge is 2.20. The van der Waals surface area contributed by atoms with Crippen molar-refractivity contribution in [2.24, 2.45) is 4.99 Å². The van der Waals surface area contributed by atoms with E-state index in [0.717, 1.165) is 44.2 Å². The van der Waals surface area contributed by atoms with E-state index in [2.05, 4.69) is 68.4 Å². The van der Waals surface area contributed by atoms with E-state index < -0.39 is 0 Å². The molecule has 0 atom stereocenters. The van der Waals surface area contributed by atoms with Gasteiger partial charge in [0.2, 0.25) is 0 Å². The van der Waals surface area contributed by atoms with Gasteiger partial charge in [-0.15, -0.1) is 11.3 Å². The zero-order valence-electron chi connectivity index (χ0n) is 17.0. The van der Waals surface area contributed by atoms with E-state index in [9.17, 15) is 0 Å². The number of anilines is 1. The third-order valence-corrected chi connectivity index (χ3v) is 6.38. The van der Waals surface area contributed by atoms with E-state index in [1.807, 2.05) is 24.5 Å². The molecule has 2 N–H and O–H groups in total. The van der Waals surface area contributed by atoms with Crippen molar-refractivity contribution in [3.8, 4) is 5.75 Å². The summed E-state index contributed by atoms with van der Waals surface area (Å²) in [5.41, 5.74) is 1.23. The lowest BCUT2D eigenvalue weighted by Crippen LogP contribution is -2.48. The molecule has 1 fully saturated rings. The first kappa shape index (κ1) is 19.6. The van der Waals surface area contributed by atoms with Crippen molar-refractivity contribution >= 4 is 33.1 Å². The Hall–Kier alpha value is -2.73. The van der Waals surface area contributed by atoms with Crippen LogP contribution in [-0.4, -0.2) is 39.2 Å². The van der Waals surface area contributed by atoms with Crippen LogP contribution in [0.25, 0.3) is 10.8 Å². The largest absolute Gasteiger partial charge is 0.497 e. The molecule has 2 heterocycles. The molecule has 3 aromatic rings. The van der Waals surface area contributed by atoms with Gasteiger partial charge in [-0.25, -0.2) is 0 Å². The van der Waals surface area contributed by atoms with Gasteiger partial charge in [0.1, 0.15) is 5.75 Å². The fourth-order valence-corrected chi connectivity index (χ4v) is 4.56. The molecule has 1 aliphatic rings. The molecule has 5 nitrogen and oxygen atoms in total. The number of fused-ring (bicyclic) bond motifs is 1. The number of aliphatic imine (C=N–C) groups is 1. The van der Waals surface area contributed by atoms with E-state index in [1.165, 1.54) is 21.3 Å². The molecule has 0 spiro atoms. The lowest BCUT2D eigenvalue weighted by molar-refractivity contribution is 0.415. The second kappa shape index (κ2) is 9.18. The Morgan fingerprint density at radius 3 is 2.66 bits per heavy atom. The summed E-state index contributed by atoms with van der Waals surface area (Å²) in [6.07, 6.45) is 2.24. The van der Waals surface area contributed by atoms with Crippen LogP contribution in [0.1, 0.15) is 18.4 Å². The number of hydrogen-bond acceptors (Lipinski definition) is 4. The topological polar surface area (TPSA) is 48.9 Å². The summed E-state index contributed by atoms with van der Waals surface area (Å²) < 4.78 is 5.31. The lowest BCUT2D eigenvalue weighted by atomic mass is 10.1. The predicted octanol–water partition coefficient (Wildman–Crippen LogP) is 4.24. The van der Waals surface area contributed by atoms with Crippen LogP contribution >= 0.6 is 11.3 Å². The Morgan fingerprint density at radius 1 is 1.14 bits per heavy atom. The molecule has 0 saturated carbocycles. The van der Waals surface area contributed by atoms with Gasteiger partial charge in [-0.3, -0.25) is 4.99 Å². The monoisotopic (exact) mass is 408 g/mol. The fourth-order valence-electron chi connectivity index (χ4n) is 3.78. The Labute approximate surface area is 176 Å². The molecule has 1 aliphatic heterocycles. The summed E-state index contributed by atoms with van der Waals surface area (Å²) >= 11 is 1.82. The number of methoxy groups -OCH3 is 1. The maximum atomic E-state index is 5.31. The molecular formula is C23H28N4OS. The van der Waals surface area contributed by atoms with Crippen LogP contribution in [-0.2, 0) is 6.54 Å². The average Bonchev–Trinajstić information content (AvgIpc) is 3.31. The Balaban J connectivity index is 1.30. The van der Waals surface area contributed by atoms with Crippen LogP contribution in [0.2, 0.25) is 0 Å². The van der Waals surface area contributed by atoms with Crippen molar-refractivity contribution in [2.75, 3.05) is 32.1 Å². The van der Waals surface area contributed by atoms with Gasteiger partial charge in [0.15, 0.2) is 5.96 Å². The van der Waals surface area contributed by atoms with Gasteiger partial charge < -0.3 is 20.3 Å². The van der Waals surface area contributed by atoms with E-state index in [0.29, 0.717) is 6.04 Å². The minimum atomic E-state index is 0.460. The van der Waals surface area contributed by atoms with Crippen molar-refractivity contribution in [3.05, 3.63) is 59.5 Å². The average molecular weight is 409 g/mol. The molecule has 2 aromatic carbocycles. The second-order valence-corrected chi connectivity index (χ2v) is 8.26. The van der Waals surface area contributed by atoms with E-state index in [1.54, 1.807) is 7.11 Å². The van der Waals surface area contributed by atoms with Gasteiger partial charge in [0.25, 0.3) is 0 Å². The molecular weight excluding hydrogens is 380 g/mol. The smallest absolute Gasteiger partial charge is 0.191 e. The summed E-state index contributed by atoms with van der Waals surface area (Å²) in [7, 11) is 3.53. The molecule has 0 amide bonds. The highest BCUT2D eigenvalue weighted by molar-refractivity contribution is 7.14. The molecule has 4 rings (SSSR count). The quantitative estimate of drug-likeness (QED) is 0.490. The molecule has 6 heteroatoms. The summed E-state index contributed by atoms with van der Waals surface area (Å²) in [5.74, 6) is 1.76. The molecule has 0 aliphatic carbocycles. The molecule has 29 heavy (non-hydrogen) atoms. The summed E-state index contributed by atoms with van der Waals surface area (Å²) in [6.45, 7) is 2.92. The normalized spacial score (nSPS) is 15.5. The number of hydrogen-bond donors (Lipinski definition) is 2. The van der Waals surface area contributed by atoms with E-state index >= 15 is 0 Å². The first-order valence-electron chi connectivity index (χ1n) is 10.1. The minimum absolute atomic E-state index is 0.460. The number of guanidine groups is 1. The molecule has 152 valence electrons. The first-order chi connectivity index (χ1) is 14.2. The molecule has 1 aromatic heterocycles. The van der Waals surface area contributed by atoms with Gasteiger partial charge in [-0.2, -0.15) is 0 Å². The van der Waals surface area contributed by atoms with Gasteiger partial charge in [-0.1, -0.05) is 18.2 Å². The van der Waals surface area contributed by atoms with Crippen LogP contribution in [0, 0.1) is 0 Å². The lowest BCUT2D eigenvalue weighted by Gasteiger charge is -2.33. The van der Waals surface area contributed by atoms with Gasteiger partial charge in [-0.05, 0) is 64.9 Å². The van der Waals surface area contributed by atoms with Crippen LogP contribution in [0.4, 0.5) is 5.00 Å². The predicted molar refractivity (Wildman–Crippen MR) is 123 cm³/mol. The highest BCUT2D eigenvalue weighted by atomic mass is 32.1. The summed E-state index contributed by atoms with van der Waals surface area (Å²) in [4.78, 5) is 6.89. The fraction of sp³-hybridized carbons (Fsp3) is 0.348. The zero-order chi connectivity index (χ0) is 20.1. The van der Waals surface area contributed by atoms with Crippen LogP contribution < -0.4 is 20.3 Å². The van der Waals surface area contributed by atoms with Crippen molar-refractivity contribution in [2.45, 2.75) is 25.4 Å². The number of nitrogens with one attached hydrogen (secondary N) is 2. The number of ether oxygens (including phenoxy) is 1. The molecule has 0 radical (unpaired) electrons. The third-order valence-electron chi connectivity index (χ3n) is 5.45. The summed E-state index contributed by atoms with van der Waals surface area (Å²) in [5, 5.41) is 13.0. The van der Waals surface area contributed by atoms with Crippen molar-refractivity contribution in [1.82, 2.24) is 10.6 Å². The number of thiophene rings is 1. The van der Waals surface area contributed by atoms with Crippen molar-refractivity contribution in [1.29, 1.82) is 0 Å². The van der Waals surface area contributed by atoms with E-state index in [-0.39, 0.29) is 0 Å². The SMILES string of the molecule is CN=C(NCc1ccc2cc(OC)ccc2c1)NC1CCN(c2cccs2)CC1. The Bertz CT molecular complexity index is 962. The number of benzene rings is 2. The molecule has 0 unspecified atom stereocenters. The minimum Gasteiger partial charge on any atom is -0.497 e. The third kappa shape index (κ3) is 4.82. The van der Waals surface area contributed by atoms with Crippen molar-refractivity contribution < 1.29 is 4.74 Å². The zero-order valence-corrected chi connectivity index (χ0v) is 17.8. The number of piperidine rings is 1. The first-order valence-corrected chi connectivity index (χ1v) is 11.0. The highest BCUT2D eigenvalue weighted by Crippen LogP contribution is 2.25. The van der Waals surface area contributed by atoms with Crippen LogP contribution in [0.5, 0.6) is 5.75 Å². The second-order valence-electron chi connectivity index (χ2n) is 7.33. The maximum Gasteiger partial charge on any atom is 0.191 e. The molecule has 0 bridgehead atoms. The summed E-state index contributed by atoms with van der Waals surface area (Å²) in [6, 6.07) is 17.5. The Kier molecular flexibility index (Phi) is 6.20. The number of nitrogens with zero attached hydrogens (tertiary/aromatic N) is 2. The van der Waals surface area contributed by atoms with Gasteiger partial charge >= 0.3 is 0 Å². The van der Waals surface area contributed by atoms with E-state index in [4.69, 9.17) is 4.74 Å². The van der Waals surface area contributed by atoms with Crippen molar-refractivity contribution in [3.63, 3.8) is 0 Å². The molecule has 1 saturated heterocycles. The standard InChI is InChI=1S/C23H28N4OS/c1-24-23(26-20-9-11-27(12-10-20)22-4-3-13-29-22)25-16-17-5-6-19-15-21(28-2)8-7-18(19)14-17/h3-8,13-15,20H,9-12,16H2,1-2H3,(H2,24,25,26).